The third-order valence-corrected chi connectivity index (χ3v) is 2.67. The number of carbonyl (C=O) groups is 1. The van der Waals surface area contributed by atoms with Crippen LogP contribution in [-0.2, 0) is 4.79 Å². The average molecular weight is 217 g/mol. The Balaban J connectivity index is -0.000000318. The first kappa shape index (κ1) is 20.0. The van der Waals surface area contributed by atoms with E-state index in [0.29, 0.717) is 0 Å². The number of hydrogen-bond acceptors (Lipinski definition) is 1. The normalized spacial score (nSPS) is 10.3. The van der Waals surface area contributed by atoms with Crippen LogP contribution in [0, 0.1) is 10.8 Å². The van der Waals surface area contributed by atoms with Crippen LogP contribution < -0.4 is 5.32 Å². The Labute approximate surface area is 96.8 Å². The molecule has 0 bridgehead atoms. The van der Waals surface area contributed by atoms with Gasteiger partial charge in [-0.25, -0.2) is 0 Å². The van der Waals surface area contributed by atoms with Gasteiger partial charge in [-0.15, -0.1) is 0 Å². The first-order valence-electron chi connectivity index (χ1n) is 5.95. The van der Waals surface area contributed by atoms with Crippen molar-refractivity contribution in [3.05, 3.63) is 0 Å². The summed E-state index contributed by atoms with van der Waals surface area (Å²) in [6.07, 6.45) is 0. The summed E-state index contributed by atoms with van der Waals surface area (Å²) < 4.78 is 0. The predicted molar refractivity (Wildman–Crippen MR) is 70.0 cm³/mol. The zero-order chi connectivity index (χ0) is 13.3. The molecule has 0 radical (unpaired) electrons. The maximum atomic E-state index is 11.4. The van der Waals surface area contributed by atoms with E-state index in [1.165, 1.54) is 0 Å². The Bertz CT molecular complexity index is 154. The highest BCUT2D eigenvalue weighted by Crippen LogP contribution is 2.37. The predicted octanol–water partition coefficient (Wildman–Crippen LogP) is 3.86. The minimum atomic E-state index is -0.304. The van der Waals surface area contributed by atoms with E-state index in [1.54, 1.807) is 7.05 Å². The van der Waals surface area contributed by atoms with Crippen LogP contribution in [0.2, 0.25) is 0 Å². The van der Waals surface area contributed by atoms with Gasteiger partial charge in [-0.2, -0.15) is 0 Å². The van der Waals surface area contributed by atoms with Gasteiger partial charge in [0.15, 0.2) is 0 Å². The van der Waals surface area contributed by atoms with Crippen LogP contribution in [-0.4, -0.2) is 13.0 Å². The van der Waals surface area contributed by atoms with Crippen molar-refractivity contribution in [2.45, 2.75) is 62.3 Å². The van der Waals surface area contributed by atoms with Crippen LogP contribution in [0.25, 0.3) is 0 Å². The highest BCUT2D eigenvalue weighted by molar-refractivity contribution is 5.82. The second-order valence-corrected chi connectivity index (χ2v) is 4.45. The monoisotopic (exact) mass is 217 g/mol. The highest BCUT2D eigenvalue weighted by atomic mass is 16.2. The maximum Gasteiger partial charge on any atom is 0.225 e. The van der Waals surface area contributed by atoms with Crippen molar-refractivity contribution in [1.82, 2.24) is 5.32 Å². The Morgan fingerprint density at radius 1 is 0.867 bits per heavy atom. The first-order valence-corrected chi connectivity index (χ1v) is 5.95. The third-order valence-electron chi connectivity index (χ3n) is 2.67. The van der Waals surface area contributed by atoms with Gasteiger partial charge in [0.25, 0.3) is 0 Å². The molecule has 0 fully saturated rings. The molecule has 0 aliphatic rings. The van der Waals surface area contributed by atoms with Gasteiger partial charge in [-0.1, -0.05) is 62.3 Å². The van der Waals surface area contributed by atoms with Crippen LogP contribution in [0.1, 0.15) is 62.3 Å². The van der Waals surface area contributed by atoms with Crippen LogP contribution >= 0.6 is 0 Å². The van der Waals surface area contributed by atoms with Gasteiger partial charge in [-0.05, 0) is 5.41 Å². The Kier molecular flexibility index (Phi) is 11.6. The van der Waals surface area contributed by atoms with Crippen LogP contribution in [0.4, 0.5) is 0 Å². The van der Waals surface area contributed by atoms with Gasteiger partial charge in [0, 0.05) is 12.5 Å². The molecule has 0 atom stereocenters. The van der Waals surface area contributed by atoms with E-state index in [2.05, 4.69) is 26.1 Å². The van der Waals surface area contributed by atoms with Gasteiger partial charge in [0.1, 0.15) is 0 Å². The van der Waals surface area contributed by atoms with Crippen molar-refractivity contribution in [2.24, 2.45) is 10.8 Å². The van der Waals surface area contributed by atoms with E-state index in [1.807, 2.05) is 41.5 Å². The fraction of sp³-hybridized carbons (Fsp3) is 0.923. The third kappa shape index (κ3) is 6.53. The molecule has 15 heavy (non-hydrogen) atoms. The Morgan fingerprint density at radius 2 is 1.13 bits per heavy atom. The molecule has 0 aliphatic heterocycles. The van der Waals surface area contributed by atoms with Crippen molar-refractivity contribution in [2.75, 3.05) is 7.05 Å². The molecular weight excluding hydrogens is 186 g/mol. The lowest BCUT2D eigenvalue weighted by atomic mass is 9.69. The molecule has 0 unspecified atom stereocenters. The molecule has 94 valence electrons. The van der Waals surface area contributed by atoms with E-state index in [9.17, 15) is 4.79 Å². The first-order chi connectivity index (χ1) is 6.73. The van der Waals surface area contributed by atoms with Gasteiger partial charge in [0.05, 0.1) is 0 Å². The summed E-state index contributed by atoms with van der Waals surface area (Å²) in [6, 6.07) is 0. The summed E-state index contributed by atoms with van der Waals surface area (Å²) in [6.45, 7) is 18.1. The SMILES string of the molecule is CC.CC.CNC(=O)C(C)(C)C(C)(C)C. The van der Waals surface area contributed by atoms with Crippen molar-refractivity contribution in [3.8, 4) is 0 Å². The lowest BCUT2D eigenvalue weighted by Crippen LogP contribution is -2.43. The van der Waals surface area contributed by atoms with Gasteiger partial charge in [0.2, 0.25) is 5.91 Å². The van der Waals surface area contributed by atoms with Crippen LogP contribution in [0.5, 0.6) is 0 Å². The Hall–Kier alpha value is -0.530. The summed E-state index contributed by atoms with van der Waals surface area (Å²) in [5.41, 5.74) is -0.297. The molecule has 0 saturated carbocycles. The summed E-state index contributed by atoms with van der Waals surface area (Å²) in [5.74, 6) is 0.102. The molecule has 0 saturated heterocycles. The smallest absolute Gasteiger partial charge is 0.225 e. The van der Waals surface area contributed by atoms with Crippen molar-refractivity contribution in [1.29, 1.82) is 0 Å². The number of hydrogen-bond donors (Lipinski definition) is 1. The standard InChI is InChI=1S/C9H19NO.2C2H6/c1-8(2,3)9(4,5)7(11)10-6;2*1-2/h1-6H3,(H,10,11);2*1-2H3. The van der Waals surface area contributed by atoms with E-state index in [4.69, 9.17) is 0 Å². The molecule has 2 nitrogen and oxygen atoms in total. The van der Waals surface area contributed by atoms with E-state index in [0.717, 1.165) is 0 Å². The minimum absolute atomic E-state index is 0.00704. The van der Waals surface area contributed by atoms with E-state index >= 15 is 0 Å². The maximum absolute atomic E-state index is 11.4. The number of nitrogens with one attached hydrogen (secondary N) is 1. The molecule has 2 heteroatoms. The molecule has 1 N–H and O–H groups in total. The Morgan fingerprint density at radius 3 is 1.20 bits per heavy atom. The summed E-state index contributed by atoms with van der Waals surface area (Å²) in [4.78, 5) is 11.4. The van der Waals surface area contributed by atoms with Gasteiger partial charge < -0.3 is 5.32 Å². The molecule has 1 amide bonds. The van der Waals surface area contributed by atoms with Crippen molar-refractivity contribution in [3.63, 3.8) is 0 Å². The van der Waals surface area contributed by atoms with E-state index < -0.39 is 0 Å². The highest BCUT2D eigenvalue weighted by Gasteiger charge is 2.38. The largest absolute Gasteiger partial charge is 0.359 e. The van der Waals surface area contributed by atoms with Crippen LogP contribution in [0.3, 0.4) is 0 Å². The molecule has 0 aromatic carbocycles. The lowest BCUT2D eigenvalue weighted by Gasteiger charge is -2.36. The van der Waals surface area contributed by atoms with Crippen molar-refractivity contribution < 1.29 is 4.79 Å². The minimum Gasteiger partial charge on any atom is -0.359 e. The number of carbonyl (C=O) groups excluding carboxylic acids is 1. The molecule has 0 aromatic rings. The number of amides is 1. The second kappa shape index (κ2) is 8.75. The molecular formula is C13H31NO. The zero-order valence-corrected chi connectivity index (χ0v) is 12.4. The lowest BCUT2D eigenvalue weighted by molar-refractivity contribution is -0.134. The molecule has 0 heterocycles. The number of rotatable bonds is 1. The summed E-state index contributed by atoms with van der Waals surface area (Å²) in [7, 11) is 1.68. The van der Waals surface area contributed by atoms with Gasteiger partial charge >= 0.3 is 0 Å². The fourth-order valence-electron chi connectivity index (χ4n) is 0.653. The topological polar surface area (TPSA) is 29.1 Å². The summed E-state index contributed by atoms with van der Waals surface area (Å²) >= 11 is 0. The molecule has 0 spiro atoms. The molecule has 0 aliphatic carbocycles. The average Bonchev–Trinajstić information content (AvgIpc) is 2.21. The fourth-order valence-corrected chi connectivity index (χ4v) is 0.653. The quantitative estimate of drug-likeness (QED) is 0.710. The van der Waals surface area contributed by atoms with Crippen LogP contribution in [0.15, 0.2) is 0 Å². The second-order valence-electron chi connectivity index (χ2n) is 4.45. The molecule has 0 rings (SSSR count). The van der Waals surface area contributed by atoms with Crippen molar-refractivity contribution >= 4 is 5.91 Å². The summed E-state index contributed by atoms with van der Waals surface area (Å²) in [5, 5.41) is 2.67. The van der Waals surface area contributed by atoms with E-state index in [-0.39, 0.29) is 16.7 Å². The zero-order valence-electron chi connectivity index (χ0n) is 12.4. The molecule has 0 aromatic heterocycles. The van der Waals surface area contributed by atoms with Gasteiger partial charge in [-0.3, -0.25) is 4.79 Å².